The van der Waals surface area contributed by atoms with Crippen molar-refractivity contribution in [2.45, 2.75) is 44.7 Å². The van der Waals surface area contributed by atoms with E-state index in [0.29, 0.717) is 5.92 Å². The minimum absolute atomic E-state index is 0.202. The minimum atomic E-state index is -3.13. The molecule has 1 aliphatic rings. The van der Waals surface area contributed by atoms with Gasteiger partial charge in [-0.2, -0.15) is 0 Å². The molecule has 1 unspecified atom stereocenters. The van der Waals surface area contributed by atoms with E-state index in [1.807, 2.05) is 13.8 Å². The Hall–Kier alpha value is -0.630. The molecule has 1 aromatic carbocycles. The summed E-state index contributed by atoms with van der Waals surface area (Å²) in [5, 5.41) is -0.536. The van der Waals surface area contributed by atoms with Crippen LogP contribution in [0.1, 0.15) is 43.7 Å². The molecule has 0 saturated heterocycles. The van der Waals surface area contributed by atoms with Gasteiger partial charge in [0.25, 0.3) is 0 Å². The molecule has 0 aliphatic heterocycles. The Bertz CT molecular complexity index is 512. The van der Waals surface area contributed by atoms with Gasteiger partial charge in [-0.1, -0.05) is 29.8 Å². The third kappa shape index (κ3) is 2.72. The van der Waals surface area contributed by atoms with Crippen LogP contribution in [0.15, 0.2) is 24.3 Å². The van der Waals surface area contributed by atoms with E-state index in [2.05, 4.69) is 31.2 Å². The maximum Gasteiger partial charge on any atom is 0.336 e. The summed E-state index contributed by atoms with van der Waals surface area (Å²) in [6.45, 7) is 6.10. The van der Waals surface area contributed by atoms with Crippen molar-refractivity contribution < 1.29 is 13.6 Å². The smallest absolute Gasteiger partial charge is 0.312 e. The molecule has 3 nitrogen and oxygen atoms in total. The molecule has 2 rings (SSSR count). The van der Waals surface area contributed by atoms with Gasteiger partial charge in [0.05, 0.1) is 5.16 Å². The summed E-state index contributed by atoms with van der Waals surface area (Å²) < 4.78 is 23.6. The standard InChI is InChI=1S/C16H25O3P/c1-12-7-6-8-14(11-12)15(13-9-10-13)16(2,3)20(17,18-4)19-5/h6-8,11,13,15H,9-10H2,1-5H3. The lowest BCUT2D eigenvalue weighted by Gasteiger charge is -2.39. The Kier molecular flexibility index (Phi) is 4.44. The van der Waals surface area contributed by atoms with E-state index >= 15 is 0 Å². The first-order chi connectivity index (χ1) is 9.35. The molecule has 0 radical (unpaired) electrons. The lowest BCUT2D eigenvalue weighted by molar-refractivity contribution is 0.237. The van der Waals surface area contributed by atoms with E-state index in [9.17, 15) is 4.57 Å². The van der Waals surface area contributed by atoms with Crippen LogP contribution < -0.4 is 0 Å². The van der Waals surface area contributed by atoms with E-state index in [1.165, 1.54) is 38.2 Å². The molecule has 1 fully saturated rings. The third-order valence-corrected chi connectivity index (χ3v) is 7.09. The Morgan fingerprint density at radius 2 is 1.85 bits per heavy atom. The van der Waals surface area contributed by atoms with Gasteiger partial charge in [0, 0.05) is 20.1 Å². The SMILES string of the molecule is COP(=O)(OC)C(C)(C)C(c1cccc(C)c1)C1CC1. The second kappa shape index (κ2) is 5.63. The van der Waals surface area contributed by atoms with E-state index in [4.69, 9.17) is 9.05 Å². The fourth-order valence-corrected chi connectivity index (χ4v) is 5.06. The topological polar surface area (TPSA) is 35.5 Å². The van der Waals surface area contributed by atoms with Crippen LogP contribution in [-0.4, -0.2) is 19.4 Å². The average molecular weight is 296 g/mol. The number of hydrogen-bond acceptors (Lipinski definition) is 3. The van der Waals surface area contributed by atoms with E-state index in [1.54, 1.807) is 0 Å². The summed E-state index contributed by atoms with van der Waals surface area (Å²) in [5.74, 6) is 0.776. The highest BCUT2D eigenvalue weighted by Crippen LogP contribution is 2.67. The number of hydrogen-bond donors (Lipinski definition) is 0. The van der Waals surface area contributed by atoms with Crippen LogP contribution in [-0.2, 0) is 13.6 Å². The van der Waals surface area contributed by atoms with Gasteiger partial charge in [0.15, 0.2) is 0 Å². The zero-order valence-corrected chi connectivity index (χ0v) is 13.9. The van der Waals surface area contributed by atoms with Crippen LogP contribution >= 0.6 is 7.60 Å². The summed E-state index contributed by atoms with van der Waals surface area (Å²) in [7, 11) is -0.178. The van der Waals surface area contributed by atoms with Crippen LogP contribution in [0.25, 0.3) is 0 Å². The molecule has 0 N–H and O–H groups in total. The van der Waals surface area contributed by atoms with Crippen molar-refractivity contribution in [1.29, 1.82) is 0 Å². The van der Waals surface area contributed by atoms with Gasteiger partial charge in [-0.3, -0.25) is 4.57 Å². The molecule has 0 aromatic heterocycles. The molecule has 1 saturated carbocycles. The molecule has 0 heterocycles. The van der Waals surface area contributed by atoms with Crippen LogP contribution in [0.2, 0.25) is 0 Å². The highest BCUT2D eigenvalue weighted by Gasteiger charge is 2.53. The molecular formula is C16H25O3P. The molecule has 112 valence electrons. The van der Waals surface area contributed by atoms with E-state index < -0.39 is 12.8 Å². The van der Waals surface area contributed by atoms with Gasteiger partial charge in [-0.25, -0.2) is 0 Å². The van der Waals surface area contributed by atoms with Gasteiger partial charge >= 0.3 is 7.60 Å². The Balaban J connectivity index is 2.45. The largest absolute Gasteiger partial charge is 0.336 e. The van der Waals surface area contributed by atoms with Crippen molar-refractivity contribution >= 4 is 7.60 Å². The molecule has 4 heteroatoms. The van der Waals surface area contributed by atoms with Crippen molar-refractivity contribution in [1.82, 2.24) is 0 Å². The summed E-state index contributed by atoms with van der Waals surface area (Å²) in [5.41, 5.74) is 2.47. The lowest BCUT2D eigenvalue weighted by atomic mass is 9.83. The van der Waals surface area contributed by atoms with Gasteiger partial charge in [0.1, 0.15) is 0 Å². The Morgan fingerprint density at radius 1 is 1.25 bits per heavy atom. The number of benzene rings is 1. The van der Waals surface area contributed by atoms with Crippen LogP contribution in [0.3, 0.4) is 0 Å². The second-order valence-corrected chi connectivity index (χ2v) is 9.12. The molecular weight excluding hydrogens is 271 g/mol. The van der Waals surface area contributed by atoms with Gasteiger partial charge in [0.2, 0.25) is 0 Å². The summed E-state index contributed by atoms with van der Waals surface area (Å²) in [6.07, 6.45) is 2.38. The van der Waals surface area contributed by atoms with Crippen LogP contribution in [0, 0.1) is 12.8 Å². The van der Waals surface area contributed by atoms with Crippen molar-refractivity contribution in [3.8, 4) is 0 Å². The fraction of sp³-hybridized carbons (Fsp3) is 0.625. The zero-order valence-electron chi connectivity index (χ0n) is 13.1. The monoisotopic (exact) mass is 296 g/mol. The lowest BCUT2D eigenvalue weighted by Crippen LogP contribution is -2.32. The van der Waals surface area contributed by atoms with Crippen molar-refractivity contribution in [2.24, 2.45) is 5.92 Å². The van der Waals surface area contributed by atoms with Crippen LogP contribution in [0.5, 0.6) is 0 Å². The highest BCUT2D eigenvalue weighted by molar-refractivity contribution is 7.55. The van der Waals surface area contributed by atoms with Gasteiger partial charge in [-0.15, -0.1) is 0 Å². The fourth-order valence-electron chi connectivity index (χ4n) is 3.27. The number of aryl methyl sites for hydroxylation is 1. The minimum Gasteiger partial charge on any atom is -0.312 e. The predicted molar refractivity (Wildman–Crippen MR) is 82.3 cm³/mol. The maximum atomic E-state index is 13.0. The first kappa shape index (κ1) is 15.8. The summed E-state index contributed by atoms with van der Waals surface area (Å²) >= 11 is 0. The summed E-state index contributed by atoms with van der Waals surface area (Å²) in [6, 6.07) is 8.49. The van der Waals surface area contributed by atoms with E-state index in [-0.39, 0.29) is 5.92 Å². The average Bonchev–Trinajstić information content (AvgIpc) is 3.22. The Morgan fingerprint density at radius 3 is 2.30 bits per heavy atom. The number of rotatable bonds is 6. The first-order valence-electron chi connectivity index (χ1n) is 7.14. The molecule has 1 aromatic rings. The Labute approximate surface area is 122 Å². The molecule has 0 amide bonds. The van der Waals surface area contributed by atoms with Gasteiger partial charge < -0.3 is 9.05 Å². The predicted octanol–water partition coefficient (Wildman–Crippen LogP) is 4.75. The van der Waals surface area contributed by atoms with E-state index in [0.717, 1.165) is 0 Å². The quantitative estimate of drug-likeness (QED) is 0.710. The second-order valence-electron chi connectivity index (χ2n) is 6.25. The first-order valence-corrected chi connectivity index (χ1v) is 8.68. The maximum absolute atomic E-state index is 13.0. The molecule has 1 atom stereocenters. The van der Waals surface area contributed by atoms with Crippen LogP contribution in [0.4, 0.5) is 0 Å². The van der Waals surface area contributed by atoms with Crippen molar-refractivity contribution in [3.05, 3.63) is 35.4 Å². The molecule has 1 aliphatic carbocycles. The molecule has 20 heavy (non-hydrogen) atoms. The van der Waals surface area contributed by atoms with Crippen molar-refractivity contribution in [3.63, 3.8) is 0 Å². The zero-order chi connectivity index (χ0) is 15.0. The molecule has 0 spiro atoms. The highest BCUT2D eigenvalue weighted by atomic mass is 31.2. The molecule has 0 bridgehead atoms. The van der Waals surface area contributed by atoms with Crippen molar-refractivity contribution in [2.75, 3.05) is 14.2 Å². The third-order valence-electron chi connectivity index (χ3n) is 4.44. The normalized spacial score (nSPS) is 18.1. The summed E-state index contributed by atoms with van der Waals surface area (Å²) in [4.78, 5) is 0. The van der Waals surface area contributed by atoms with Gasteiger partial charge in [-0.05, 0) is 45.1 Å².